The first-order valence-corrected chi connectivity index (χ1v) is 4.36. The minimum absolute atomic E-state index is 0. The van der Waals surface area contributed by atoms with Crippen molar-refractivity contribution in [2.24, 2.45) is 5.92 Å². The zero-order valence-corrected chi connectivity index (χ0v) is 8.18. The lowest BCUT2D eigenvalue weighted by Crippen LogP contribution is -2.37. The molecule has 2 N–H and O–H groups in total. The summed E-state index contributed by atoms with van der Waals surface area (Å²) in [6.45, 7) is 2.58. The Hall–Kier alpha value is 0.170. The molecule has 2 aliphatic heterocycles. The van der Waals surface area contributed by atoms with Crippen LogP contribution in [0.3, 0.4) is 0 Å². The van der Waals surface area contributed by atoms with Crippen LogP contribution in [0.15, 0.2) is 0 Å². The number of fused-ring (bicyclic) bond motifs is 1. The number of nitrogens with one attached hydrogen (secondary N) is 1. The van der Waals surface area contributed by atoms with Gasteiger partial charge in [0.05, 0.1) is 6.61 Å². The lowest BCUT2D eigenvalue weighted by molar-refractivity contribution is 0.157. The van der Waals surface area contributed by atoms with Gasteiger partial charge in [0.15, 0.2) is 0 Å². The molecule has 4 heteroatoms. The topological polar surface area (TPSA) is 35.5 Å². The zero-order valence-electron chi connectivity index (χ0n) is 7.36. The minimum atomic E-state index is 0. The molecular weight excluding hydrogens is 176 g/mol. The van der Waals surface area contributed by atoms with E-state index in [1.165, 1.54) is 6.42 Å². The molecule has 0 unspecified atom stereocenters. The number of halogens is 1. The summed E-state index contributed by atoms with van der Waals surface area (Å²) >= 11 is 0. The monoisotopic (exact) mass is 192 g/mol. The standard InChI is InChI=1S/C8H16N2O.ClH/c1-10-7(5-11)2-6-3-9-4-8(6)10;/h6-9,11H,2-5H2,1H3;1H/t6-,7-,8+;/m1./s1. The second kappa shape index (κ2) is 3.92. The number of hydrogen-bond acceptors (Lipinski definition) is 3. The van der Waals surface area contributed by atoms with E-state index in [0.29, 0.717) is 18.7 Å². The number of hydrogen-bond donors (Lipinski definition) is 2. The Bertz CT molecular complexity index is 156. The van der Waals surface area contributed by atoms with E-state index in [1.54, 1.807) is 0 Å². The maximum Gasteiger partial charge on any atom is 0.0586 e. The van der Waals surface area contributed by atoms with Crippen LogP contribution in [-0.2, 0) is 0 Å². The van der Waals surface area contributed by atoms with Crippen molar-refractivity contribution in [2.45, 2.75) is 18.5 Å². The molecule has 2 fully saturated rings. The van der Waals surface area contributed by atoms with E-state index < -0.39 is 0 Å². The number of likely N-dealkylation sites (tertiary alicyclic amines) is 1. The van der Waals surface area contributed by atoms with E-state index >= 15 is 0 Å². The Balaban J connectivity index is 0.000000720. The molecule has 0 aromatic carbocycles. The molecule has 2 saturated heterocycles. The normalized spacial score (nSPS) is 41.0. The summed E-state index contributed by atoms with van der Waals surface area (Å²) in [6, 6.07) is 1.11. The van der Waals surface area contributed by atoms with Gasteiger partial charge in [-0.1, -0.05) is 0 Å². The molecule has 0 aromatic heterocycles. The van der Waals surface area contributed by atoms with Crippen molar-refractivity contribution in [2.75, 3.05) is 26.7 Å². The van der Waals surface area contributed by atoms with Crippen molar-refractivity contribution in [1.29, 1.82) is 0 Å². The quantitative estimate of drug-likeness (QED) is 0.599. The molecule has 0 radical (unpaired) electrons. The molecule has 0 amide bonds. The van der Waals surface area contributed by atoms with Gasteiger partial charge in [-0.2, -0.15) is 0 Å². The van der Waals surface area contributed by atoms with Crippen LogP contribution in [0.5, 0.6) is 0 Å². The molecule has 0 aliphatic carbocycles. The highest BCUT2D eigenvalue weighted by atomic mass is 35.5. The highest BCUT2D eigenvalue weighted by Gasteiger charge is 2.40. The summed E-state index contributed by atoms with van der Waals surface area (Å²) in [6.07, 6.45) is 1.17. The van der Waals surface area contributed by atoms with Gasteiger partial charge in [-0.15, -0.1) is 12.4 Å². The zero-order chi connectivity index (χ0) is 7.84. The number of nitrogens with zero attached hydrogens (tertiary/aromatic N) is 1. The third kappa shape index (κ3) is 1.46. The highest BCUT2D eigenvalue weighted by Crippen LogP contribution is 2.30. The molecule has 0 bridgehead atoms. The molecule has 12 heavy (non-hydrogen) atoms. The molecule has 2 heterocycles. The average Bonchev–Trinajstić information content (AvgIpc) is 2.53. The van der Waals surface area contributed by atoms with E-state index in [9.17, 15) is 0 Å². The van der Waals surface area contributed by atoms with Crippen LogP contribution >= 0.6 is 12.4 Å². The molecular formula is C8H17ClN2O. The minimum Gasteiger partial charge on any atom is -0.395 e. The maximum atomic E-state index is 9.03. The summed E-state index contributed by atoms with van der Waals surface area (Å²) < 4.78 is 0. The predicted octanol–water partition coefficient (Wildman–Crippen LogP) is -0.307. The van der Waals surface area contributed by atoms with Crippen LogP contribution in [0.2, 0.25) is 0 Å². The van der Waals surface area contributed by atoms with E-state index in [0.717, 1.165) is 19.0 Å². The third-order valence-electron chi connectivity index (χ3n) is 3.19. The van der Waals surface area contributed by atoms with Gasteiger partial charge in [-0.05, 0) is 25.9 Å². The van der Waals surface area contributed by atoms with Crippen LogP contribution < -0.4 is 5.32 Å². The van der Waals surface area contributed by atoms with Crippen molar-refractivity contribution < 1.29 is 5.11 Å². The SMILES string of the molecule is CN1[C@@H](CO)C[C@@H]2CNC[C@@H]21.Cl. The van der Waals surface area contributed by atoms with Crippen molar-refractivity contribution in [3.05, 3.63) is 0 Å². The van der Waals surface area contributed by atoms with Gasteiger partial charge < -0.3 is 10.4 Å². The van der Waals surface area contributed by atoms with Gasteiger partial charge in [0.25, 0.3) is 0 Å². The molecule has 3 nitrogen and oxygen atoms in total. The van der Waals surface area contributed by atoms with Crippen LogP contribution in [-0.4, -0.2) is 48.8 Å². The van der Waals surface area contributed by atoms with Gasteiger partial charge in [0.2, 0.25) is 0 Å². The van der Waals surface area contributed by atoms with Crippen LogP contribution in [0.4, 0.5) is 0 Å². The Morgan fingerprint density at radius 2 is 2.25 bits per heavy atom. The van der Waals surface area contributed by atoms with Crippen LogP contribution in [0, 0.1) is 5.92 Å². The summed E-state index contributed by atoms with van der Waals surface area (Å²) in [7, 11) is 2.12. The number of aliphatic hydroxyl groups excluding tert-OH is 1. The molecule has 0 saturated carbocycles. The summed E-state index contributed by atoms with van der Waals surface area (Å²) in [5.74, 6) is 0.789. The number of aliphatic hydroxyl groups is 1. The summed E-state index contributed by atoms with van der Waals surface area (Å²) in [5, 5.41) is 12.4. The first kappa shape index (κ1) is 10.3. The van der Waals surface area contributed by atoms with Crippen molar-refractivity contribution in [1.82, 2.24) is 10.2 Å². The third-order valence-corrected chi connectivity index (χ3v) is 3.19. The lowest BCUT2D eigenvalue weighted by Gasteiger charge is -2.22. The fraction of sp³-hybridized carbons (Fsp3) is 1.00. The summed E-state index contributed by atoms with van der Waals surface area (Å²) in [4.78, 5) is 2.32. The van der Waals surface area contributed by atoms with E-state index in [-0.39, 0.29) is 12.4 Å². The average molecular weight is 193 g/mol. The van der Waals surface area contributed by atoms with E-state index in [2.05, 4.69) is 17.3 Å². The Morgan fingerprint density at radius 1 is 1.50 bits per heavy atom. The first-order valence-electron chi connectivity index (χ1n) is 4.36. The largest absolute Gasteiger partial charge is 0.395 e. The van der Waals surface area contributed by atoms with Crippen LogP contribution in [0.1, 0.15) is 6.42 Å². The van der Waals surface area contributed by atoms with Crippen molar-refractivity contribution in [3.8, 4) is 0 Å². The molecule has 2 aliphatic rings. The molecule has 3 atom stereocenters. The molecule has 72 valence electrons. The highest BCUT2D eigenvalue weighted by molar-refractivity contribution is 5.85. The number of rotatable bonds is 1. The maximum absolute atomic E-state index is 9.03. The van der Waals surface area contributed by atoms with Crippen molar-refractivity contribution >= 4 is 12.4 Å². The fourth-order valence-electron chi connectivity index (χ4n) is 2.43. The van der Waals surface area contributed by atoms with Gasteiger partial charge >= 0.3 is 0 Å². The van der Waals surface area contributed by atoms with E-state index in [4.69, 9.17) is 5.11 Å². The van der Waals surface area contributed by atoms with Gasteiger partial charge in [-0.3, -0.25) is 4.90 Å². The second-order valence-corrected chi connectivity index (χ2v) is 3.72. The fourth-order valence-corrected chi connectivity index (χ4v) is 2.43. The Labute approximate surface area is 79.5 Å². The Morgan fingerprint density at radius 3 is 2.83 bits per heavy atom. The predicted molar refractivity (Wildman–Crippen MR) is 50.6 cm³/mol. The molecule has 2 rings (SSSR count). The van der Waals surface area contributed by atoms with Crippen LogP contribution in [0.25, 0.3) is 0 Å². The van der Waals surface area contributed by atoms with Gasteiger partial charge in [0.1, 0.15) is 0 Å². The summed E-state index contributed by atoms with van der Waals surface area (Å²) in [5.41, 5.74) is 0. The van der Waals surface area contributed by atoms with E-state index in [1.807, 2.05) is 0 Å². The molecule has 0 spiro atoms. The van der Waals surface area contributed by atoms with Gasteiger partial charge in [0, 0.05) is 18.6 Å². The Kier molecular flexibility index (Phi) is 3.35. The second-order valence-electron chi connectivity index (χ2n) is 3.72. The molecule has 0 aromatic rings. The smallest absolute Gasteiger partial charge is 0.0586 e. The van der Waals surface area contributed by atoms with Crippen molar-refractivity contribution in [3.63, 3.8) is 0 Å². The first-order chi connectivity index (χ1) is 5.33. The van der Waals surface area contributed by atoms with Gasteiger partial charge in [-0.25, -0.2) is 0 Å². The lowest BCUT2D eigenvalue weighted by atomic mass is 10.0. The number of likely N-dealkylation sites (N-methyl/N-ethyl adjacent to an activating group) is 1.